The van der Waals surface area contributed by atoms with E-state index >= 15 is 0 Å². The molecule has 2 aromatic rings. The van der Waals surface area contributed by atoms with E-state index < -0.39 is 5.82 Å². The average Bonchev–Trinajstić information content (AvgIpc) is 2.56. The predicted octanol–water partition coefficient (Wildman–Crippen LogP) is 3.14. The molecule has 108 valence electrons. The third kappa shape index (κ3) is 2.81. The Bertz CT molecular complexity index is 634. The Labute approximate surface area is 123 Å². The molecule has 1 saturated heterocycles. The fourth-order valence-electron chi connectivity index (χ4n) is 2.54. The van der Waals surface area contributed by atoms with Gasteiger partial charge in [0.15, 0.2) is 6.29 Å². The lowest BCUT2D eigenvalue weighted by Gasteiger charge is -2.28. The van der Waals surface area contributed by atoms with E-state index in [0.29, 0.717) is 11.8 Å². The molecule has 3 nitrogen and oxygen atoms in total. The van der Waals surface area contributed by atoms with E-state index in [-0.39, 0.29) is 5.56 Å². The molecule has 1 heterocycles. The van der Waals surface area contributed by atoms with E-state index in [1.165, 1.54) is 6.07 Å². The lowest BCUT2D eigenvalue weighted by atomic mass is 10.0. The first-order chi connectivity index (χ1) is 10.3. The summed E-state index contributed by atoms with van der Waals surface area (Å²) in [6.45, 7) is 3.21. The van der Waals surface area contributed by atoms with Crippen LogP contribution >= 0.6 is 0 Å². The van der Waals surface area contributed by atoms with Crippen LogP contribution < -0.4 is 4.90 Å². The Morgan fingerprint density at radius 2 is 1.76 bits per heavy atom. The molecule has 0 N–H and O–H groups in total. The maximum atomic E-state index is 14.2. The van der Waals surface area contributed by atoms with Crippen LogP contribution in [-0.4, -0.2) is 32.6 Å². The van der Waals surface area contributed by atoms with E-state index in [9.17, 15) is 9.18 Å². The predicted molar refractivity (Wildman–Crippen MR) is 80.3 cm³/mol. The number of morpholine rings is 1. The van der Waals surface area contributed by atoms with Gasteiger partial charge in [0, 0.05) is 24.3 Å². The van der Waals surface area contributed by atoms with Crippen molar-refractivity contribution in [3.63, 3.8) is 0 Å². The zero-order chi connectivity index (χ0) is 14.7. The molecule has 0 atom stereocenters. The molecule has 0 unspecified atom stereocenters. The Balaban J connectivity index is 1.88. The van der Waals surface area contributed by atoms with Gasteiger partial charge >= 0.3 is 0 Å². The van der Waals surface area contributed by atoms with Gasteiger partial charge < -0.3 is 9.64 Å². The van der Waals surface area contributed by atoms with E-state index in [1.54, 1.807) is 12.1 Å². The Hall–Kier alpha value is -2.20. The lowest BCUT2D eigenvalue weighted by Crippen LogP contribution is -2.36. The van der Waals surface area contributed by atoms with Crippen LogP contribution in [0.5, 0.6) is 0 Å². The van der Waals surface area contributed by atoms with E-state index in [0.717, 1.165) is 37.6 Å². The second-order valence-corrected chi connectivity index (χ2v) is 4.97. The maximum absolute atomic E-state index is 14.2. The van der Waals surface area contributed by atoms with Gasteiger partial charge in [-0.2, -0.15) is 0 Å². The zero-order valence-electron chi connectivity index (χ0n) is 11.6. The topological polar surface area (TPSA) is 29.5 Å². The number of hydrogen-bond acceptors (Lipinski definition) is 3. The van der Waals surface area contributed by atoms with Gasteiger partial charge in [0.1, 0.15) is 5.82 Å². The number of nitrogens with zero attached hydrogens (tertiary/aromatic N) is 1. The number of carbonyl (C=O) groups is 1. The quantitative estimate of drug-likeness (QED) is 0.811. The molecule has 4 heteroatoms. The minimum atomic E-state index is -0.466. The lowest BCUT2D eigenvalue weighted by molar-refractivity contribution is 0.112. The summed E-state index contributed by atoms with van der Waals surface area (Å²) in [6.07, 6.45) is 0.543. The Kier molecular flexibility index (Phi) is 3.97. The fourth-order valence-corrected chi connectivity index (χ4v) is 2.54. The van der Waals surface area contributed by atoms with Crippen molar-refractivity contribution in [2.24, 2.45) is 0 Å². The first-order valence-corrected chi connectivity index (χ1v) is 6.96. The summed E-state index contributed by atoms with van der Waals surface area (Å²) >= 11 is 0. The maximum Gasteiger partial charge on any atom is 0.153 e. The van der Waals surface area contributed by atoms with Crippen LogP contribution in [0.1, 0.15) is 10.4 Å². The summed E-state index contributed by atoms with van der Waals surface area (Å²) < 4.78 is 19.5. The molecule has 21 heavy (non-hydrogen) atoms. The second-order valence-electron chi connectivity index (χ2n) is 4.97. The number of carbonyl (C=O) groups excluding carboxylic acids is 1. The van der Waals surface area contributed by atoms with Crippen molar-refractivity contribution in [2.45, 2.75) is 0 Å². The van der Waals surface area contributed by atoms with Crippen molar-refractivity contribution in [1.29, 1.82) is 0 Å². The van der Waals surface area contributed by atoms with E-state index in [1.807, 2.05) is 24.3 Å². The molecule has 1 fully saturated rings. The van der Waals surface area contributed by atoms with Crippen LogP contribution in [0.4, 0.5) is 10.1 Å². The van der Waals surface area contributed by atoms with Crippen LogP contribution in [0, 0.1) is 5.82 Å². The molecule has 0 aromatic heterocycles. The highest BCUT2D eigenvalue weighted by Gasteiger charge is 2.12. The van der Waals surface area contributed by atoms with Crippen LogP contribution in [0.25, 0.3) is 11.1 Å². The Morgan fingerprint density at radius 3 is 2.43 bits per heavy atom. The van der Waals surface area contributed by atoms with Crippen molar-refractivity contribution in [3.8, 4) is 11.1 Å². The number of ether oxygens (including phenoxy) is 1. The van der Waals surface area contributed by atoms with Gasteiger partial charge in [0.05, 0.1) is 18.8 Å². The monoisotopic (exact) mass is 285 g/mol. The van der Waals surface area contributed by atoms with Gasteiger partial charge in [0.25, 0.3) is 0 Å². The normalized spacial score (nSPS) is 15.0. The van der Waals surface area contributed by atoms with Crippen molar-refractivity contribution < 1.29 is 13.9 Å². The van der Waals surface area contributed by atoms with E-state index in [4.69, 9.17) is 4.74 Å². The summed E-state index contributed by atoms with van der Waals surface area (Å²) in [4.78, 5) is 13.1. The molecule has 0 aliphatic carbocycles. The summed E-state index contributed by atoms with van der Waals surface area (Å²) in [7, 11) is 0. The molecule has 1 aliphatic rings. The molecular formula is C17H16FNO2. The van der Waals surface area contributed by atoms with Crippen LogP contribution in [-0.2, 0) is 4.74 Å². The molecule has 3 rings (SSSR count). The SMILES string of the molecule is O=Cc1cccc(-c2ccc(N3CCOCC3)cc2)c1F. The molecular weight excluding hydrogens is 269 g/mol. The first-order valence-electron chi connectivity index (χ1n) is 6.96. The highest BCUT2D eigenvalue weighted by atomic mass is 19.1. The number of hydrogen-bond donors (Lipinski definition) is 0. The largest absolute Gasteiger partial charge is 0.378 e. The van der Waals surface area contributed by atoms with Crippen molar-refractivity contribution in [2.75, 3.05) is 31.2 Å². The van der Waals surface area contributed by atoms with Gasteiger partial charge in [-0.1, -0.05) is 24.3 Å². The zero-order valence-corrected chi connectivity index (χ0v) is 11.6. The third-order valence-corrected chi connectivity index (χ3v) is 3.71. The summed E-state index contributed by atoms with van der Waals surface area (Å²) in [6, 6.07) is 12.6. The van der Waals surface area contributed by atoms with Gasteiger partial charge in [-0.05, 0) is 23.8 Å². The van der Waals surface area contributed by atoms with Crippen molar-refractivity contribution in [3.05, 3.63) is 53.8 Å². The van der Waals surface area contributed by atoms with Gasteiger partial charge in [-0.15, -0.1) is 0 Å². The highest BCUT2D eigenvalue weighted by molar-refractivity contribution is 5.80. The molecule has 0 amide bonds. The number of rotatable bonds is 3. The van der Waals surface area contributed by atoms with Crippen LogP contribution in [0.3, 0.4) is 0 Å². The molecule has 0 radical (unpaired) electrons. The van der Waals surface area contributed by atoms with Gasteiger partial charge in [-0.25, -0.2) is 4.39 Å². The highest BCUT2D eigenvalue weighted by Crippen LogP contribution is 2.27. The van der Waals surface area contributed by atoms with Crippen LogP contribution in [0.2, 0.25) is 0 Å². The van der Waals surface area contributed by atoms with Gasteiger partial charge in [-0.3, -0.25) is 4.79 Å². The molecule has 0 bridgehead atoms. The number of benzene rings is 2. The van der Waals surface area contributed by atoms with Crippen LogP contribution in [0.15, 0.2) is 42.5 Å². The van der Waals surface area contributed by atoms with Crippen molar-refractivity contribution >= 4 is 12.0 Å². The number of anilines is 1. The summed E-state index contributed by atoms with van der Waals surface area (Å²) in [5.41, 5.74) is 2.42. The fraction of sp³-hybridized carbons (Fsp3) is 0.235. The Morgan fingerprint density at radius 1 is 1.05 bits per heavy atom. The van der Waals surface area contributed by atoms with E-state index in [2.05, 4.69) is 4.90 Å². The minimum Gasteiger partial charge on any atom is -0.378 e. The summed E-state index contributed by atoms with van der Waals surface area (Å²) in [5, 5.41) is 0. The minimum absolute atomic E-state index is 0.0877. The standard InChI is InChI=1S/C17H16FNO2/c18-17-14(12-20)2-1-3-16(17)13-4-6-15(7-5-13)19-8-10-21-11-9-19/h1-7,12H,8-11H2. The molecule has 1 aliphatic heterocycles. The number of halogens is 1. The second kappa shape index (κ2) is 6.06. The first kappa shape index (κ1) is 13.8. The smallest absolute Gasteiger partial charge is 0.153 e. The molecule has 2 aromatic carbocycles. The van der Waals surface area contributed by atoms with Gasteiger partial charge in [0.2, 0.25) is 0 Å². The third-order valence-electron chi connectivity index (χ3n) is 3.71. The van der Waals surface area contributed by atoms with Crippen molar-refractivity contribution in [1.82, 2.24) is 0 Å². The molecule has 0 spiro atoms. The number of aldehydes is 1. The molecule has 0 saturated carbocycles. The average molecular weight is 285 g/mol. The summed E-state index contributed by atoms with van der Waals surface area (Å²) in [5.74, 6) is -0.466.